The average molecular weight is 166 g/mol. The van der Waals surface area contributed by atoms with Crippen LogP contribution in [0.25, 0.3) is 0 Å². The van der Waals surface area contributed by atoms with Gasteiger partial charge in [0.05, 0.1) is 0 Å². The molecule has 0 radical (unpaired) electrons. The molecule has 68 valence electrons. The van der Waals surface area contributed by atoms with Crippen LogP contribution in [0.2, 0.25) is 0 Å². The normalized spacial score (nSPS) is 25.8. The van der Waals surface area contributed by atoms with E-state index in [0.29, 0.717) is 0 Å². The molecule has 0 saturated heterocycles. The summed E-state index contributed by atoms with van der Waals surface area (Å²) in [5.41, 5.74) is 1.62. The van der Waals surface area contributed by atoms with Crippen LogP contribution in [-0.2, 0) is 4.79 Å². The highest BCUT2D eigenvalue weighted by Gasteiger charge is 2.26. The number of carbonyl (C=O) groups excluding carboxylic acids is 1. The van der Waals surface area contributed by atoms with Crippen molar-refractivity contribution in [3.63, 3.8) is 0 Å². The Kier molecular flexibility index (Phi) is 2.71. The van der Waals surface area contributed by atoms with Crippen molar-refractivity contribution in [3.8, 4) is 0 Å². The van der Waals surface area contributed by atoms with Gasteiger partial charge < -0.3 is 0 Å². The Morgan fingerprint density at radius 3 is 2.58 bits per heavy atom. The van der Waals surface area contributed by atoms with Crippen LogP contribution in [0.15, 0.2) is 11.6 Å². The van der Waals surface area contributed by atoms with Crippen LogP contribution < -0.4 is 0 Å². The summed E-state index contributed by atoms with van der Waals surface area (Å²) in [5, 5.41) is 0. The summed E-state index contributed by atoms with van der Waals surface area (Å²) in [7, 11) is 0. The van der Waals surface area contributed by atoms with Crippen LogP contribution in [0.1, 0.15) is 46.5 Å². The van der Waals surface area contributed by atoms with Gasteiger partial charge in [-0.05, 0) is 37.7 Å². The van der Waals surface area contributed by atoms with Crippen molar-refractivity contribution in [2.75, 3.05) is 0 Å². The fourth-order valence-corrected chi connectivity index (χ4v) is 1.89. The van der Waals surface area contributed by atoms with Crippen molar-refractivity contribution >= 4 is 5.78 Å². The Morgan fingerprint density at radius 1 is 1.42 bits per heavy atom. The summed E-state index contributed by atoms with van der Waals surface area (Å²) < 4.78 is 0. The van der Waals surface area contributed by atoms with Crippen LogP contribution in [0.4, 0.5) is 0 Å². The van der Waals surface area contributed by atoms with E-state index in [1.54, 1.807) is 6.92 Å². The topological polar surface area (TPSA) is 17.1 Å². The van der Waals surface area contributed by atoms with Gasteiger partial charge in [-0.25, -0.2) is 0 Å². The van der Waals surface area contributed by atoms with Gasteiger partial charge in [0, 0.05) is 0 Å². The fourth-order valence-electron chi connectivity index (χ4n) is 1.89. The quantitative estimate of drug-likeness (QED) is 0.547. The summed E-state index contributed by atoms with van der Waals surface area (Å²) in [6, 6.07) is 0. The van der Waals surface area contributed by atoms with Gasteiger partial charge in [0.1, 0.15) is 0 Å². The first-order valence-corrected chi connectivity index (χ1v) is 4.74. The van der Waals surface area contributed by atoms with E-state index in [1.165, 1.54) is 24.8 Å². The summed E-state index contributed by atoms with van der Waals surface area (Å²) >= 11 is 0. The molecule has 0 heterocycles. The highest BCUT2D eigenvalue weighted by molar-refractivity contribution is 5.88. The Morgan fingerprint density at radius 2 is 2.08 bits per heavy atom. The molecule has 1 fully saturated rings. The lowest BCUT2D eigenvalue weighted by Gasteiger charge is -2.32. The van der Waals surface area contributed by atoms with Gasteiger partial charge in [0.25, 0.3) is 0 Å². The molecule has 0 aromatic carbocycles. The van der Waals surface area contributed by atoms with E-state index in [2.05, 4.69) is 13.8 Å². The van der Waals surface area contributed by atoms with E-state index in [9.17, 15) is 4.79 Å². The van der Waals surface area contributed by atoms with Crippen LogP contribution in [-0.4, -0.2) is 5.78 Å². The summed E-state index contributed by atoms with van der Waals surface area (Å²) in [6.45, 7) is 6.11. The molecule has 0 aliphatic heterocycles. The Balaban J connectivity index is 2.79. The maximum atomic E-state index is 10.9. The number of rotatable bonds is 1. The average Bonchev–Trinajstić information content (AvgIpc) is 1.92. The Labute approximate surface area is 74.9 Å². The molecule has 1 saturated carbocycles. The monoisotopic (exact) mass is 166 g/mol. The molecule has 0 bridgehead atoms. The molecule has 0 amide bonds. The van der Waals surface area contributed by atoms with Gasteiger partial charge in [-0.2, -0.15) is 0 Å². The molecule has 0 aromatic heterocycles. The maximum absolute atomic E-state index is 10.9. The number of hydrogen-bond acceptors (Lipinski definition) is 1. The second-order valence-corrected chi connectivity index (χ2v) is 4.37. The van der Waals surface area contributed by atoms with Gasteiger partial charge in [0.2, 0.25) is 0 Å². The minimum atomic E-state index is 0.194. The molecule has 0 N–H and O–H groups in total. The molecule has 0 unspecified atom stereocenters. The molecule has 0 atom stereocenters. The molecular weight excluding hydrogens is 148 g/mol. The molecule has 1 rings (SSSR count). The van der Waals surface area contributed by atoms with E-state index in [4.69, 9.17) is 0 Å². The van der Waals surface area contributed by atoms with Crippen molar-refractivity contribution in [1.82, 2.24) is 0 Å². The van der Waals surface area contributed by atoms with Crippen LogP contribution in [0, 0.1) is 5.41 Å². The molecule has 12 heavy (non-hydrogen) atoms. The van der Waals surface area contributed by atoms with Crippen LogP contribution in [0.3, 0.4) is 0 Å². The molecule has 1 aliphatic rings. The lowest BCUT2D eigenvalue weighted by Crippen LogP contribution is -2.19. The Bertz CT molecular complexity index is 211. The zero-order valence-electron chi connectivity index (χ0n) is 8.31. The van der Waals surface area contributed by atoms with E-state index in [0.717, 1.165) is 6.42 Å². The number of carbonyl (C=O) groups is 1. The standard InChI is InChI=1S/C11H18O/c1-9(12)8-10-6-4-5-7-11(10,2)3/h8H,4-7H2,1-3H3/b10-8-. The van der Waals surface area contributed by atoms with Crippen LogP contribution >= 0.6 is 0 Å². The van der Waals surface area contributed by atoms with E-state index in [-0.39, 0.29) is 11.2 Å². The molecule has 0 spiro atoms. The predicted molar refractivity (Wildman–Crippen MR) is 51.0 cm³/mol. The van der Waals surface area contributed by atoms with E-state index >= 15 is 0 Å². The van der Waals surface area contributed by atoms with Gasteiger partial charge in [-0.1, -0.05) is 25.8 Å². The Hall–Kier alpha value is -0.590. The zero-order chi connectivity index (χ0) is 9.19. The zero-order valence-corrected chi connectivity index (χ0v) is 8.31. The minimum Gasteiger partial charge on any atom is -0.295 e. The first-order valence-electron chi connectivity index (χ1n) is 4.74. The second kappa shape index (κ2) is 3.42. The van der Waals surface area contributed by atoms with E-state index in [1.807, 2.05) is 6.08 Å². The van der Waals surface area contributed by atoms with Crippen molar-refractivity contribution in [2.24, 2.45) is 5.41 Å². The third-order valence-electron chi connectivity index (χ3n) is 2.74. The smallest absolute Gasteiger partial charge is 0.152 e. The third-order valence-corrected chi connectivity index (χ3v) is 2.74. The lowest BCUT2D eigenvalue weighted by molar-refractivity contribution is -0.112. The number of allylic oxidation sites excluding steroid dienone is 2. The fraction of sp³-hybridized carbons (Fsp3) is 0.727. The summed E-state index contributed by atoms with van der Waals surface area (Å²) in [6.07, 6.45) is 6.74. The molecule has 1 aliphatic carbocycles. The van der Waals surface area contributed by atoms with Crippen molar-refractivity contribution in [2.45, 2.75) is 46.5 Å². The van der Waals surface area contributed by atoms with Crippen molar-refractivity contribution in [3.05, 3.63) is 11.6 Å². The molecular formula is C11H18O. The van der Waals surface area contributed by atoms with Gasteiger partial charge in [-0.15, -0.1) is 0 Å². The summed E-state index contributed by atoms with van der Waals surface area (Å²) in [5.74, 6) is 0.194. The SMILES string of the molecule is CC(=O)/C=C1/CCCCC1(C)C. The highest BCUT2D eigenvalue weighted by Crippen LogP contribution is 2.39. The van der Waals surface area contributed by atoms with Gasteiger partial charge >= 0.3 is 0 Å². The maximum Gasteiger partial charge on any atom is 0.152 e. The molecule has 1 heteroatoms. The van der Waals surface area contributed by atoms with Crippen LogP contribution in [0.5, 0.6) is 0 Å². The molecule has 0 aromatic rings. The second-order valence-electron chi connectivity index (χ2n) is 4.37. The minimum absolute atomic E-state index is 0.194. The molecule has 1 nitrogen and oxygen atoms in total. The first-order chi connectivity index (χ1) is 5.52. The third kappa shape index (κ3) is 2.20. The predicted octanol–water partition coefficient (Wildman–Crippen LogP) is 3.10. The van der Waals surface area contributed by atoms with Gasteiger partial charge in [0.15, 0.2) is 5.78 Å². The first kappa shape index (κ1) is 9.50. The summed E-state index contributed by atoms with van der Waals surface area (Å²) in [4.78, 5) is 10.9. The lowest BCUT2D eigenvalue weighted by atomic mass is 9.73. The number of ketones is 1. The largest absolute Gasteiger partial charge is 0.295 e. The van der Waals surface area contributed by atoms with Crippen molar-refractivity contribution in [1.29, 1.82) is 0 Å². The van der Waals surface area contributed by atoms with Crippen molar-refractivity contribution < 1.29 is 4.79 Å². The number of hydrogen-bond donors (Lipinski definition) is 0. The highest BCUT2D eigenvalue weighted by atomic mass is 16.1. The van der Waals surface area contributed by atoms with E-state index < -0.39 is 0 Å². The van der Waals surface area contributed by atoms with Gasteiger partial charge in [-0.3, -0.25) is 4.79 Å².